The van der Waals surface area contributed by atoms with Crippen LogP contribution >= 0.6 is 0 Å². The van der Waals surface area contributed by atoms with Crippen molar-refractivity contribution >= 4 is 6.72 Å². The van der Waals surface area contributed by atoms with Crippen LogP contribution in [-0.2, 0) is 4.74 Å². The molecule has 0 N–H and O–H groups in total. The van der Waals surface area contributed by atoms with Crippen molar-refractivity contribution < 1.29 is 9.31 Å². The van der Waals surface area contributed by atoms with Crippen LogP contribution in [0.3, 0.4) is 0 Å². The highest BCUT2D eigenvalue weighted by molar-refractivity contribution is 5.48. The highest BCUT2D eigenvalue weighted by atomic mass is 16.5. The van der Waals surface area contributed by atoms with Gasteiger partial charge in [0.25, 0.3) is 0 Å². The van der Waals surface area contributed by atoms with Crippen molar-refractivity contribution in [3.63, 3.8) is 0 Å². The Kier molecular flexibility index (Phi) is 2.32. The summed E-state index contributed by atoms with van der Waals surface area (Å²) in [5, 5.41) is 0. The summed E-state index contributed by atoms with van der Waals surface area (Å²) in [5.74, 6) is 0.729. The maximum absolute atomic E-state index is 5.26. The van der Waals surface area contributed by atoms with Crippen molar-refractivity contribution in [1.82, 2.24) is 4.90 Å². The highest BCUT2D eigenvalue weighted by Crippen LogP contribution is 2.40. The van der Waals surface area contributed by atoms with Gasteiger partial charge in [0, 0.05) is 6.04 Å². The molecule has 0 radical (unpaired) electrons. The number of rotatable bonds is 2. The van der Waals surface area contributed by atoms with E-state index in [0.717, 1.165) is 32.1 Å². The first-order valence-corrected chi connectivity index (χ1v) is 6.84. The van der Waals surface area contributed by atoms with Crippen LogP contribution in [0.1, 0.15) is 6.42 Å². The van der Waals surface area contributed by atoms with Crippen LogP contribution in [-0.4, -0.2) is 55.1 Å². The molecule has 3 saturated heterocycles. The lowest BCUT2D eigenvalue weighted by Crippen LogP contribution is -2.59. The Labute approximate surface area is 108 Å². The number of ether oxygens (including phenoxy) is 1. The zero-order valence-electron chi connectivity index (χ0n) is 10.6. The van der Waals surface area contributed by atoms with Crippen molar-refractivity contribution in [2.75, 3.05) is 32.8 Å². The van der Waals surface area contributed by atoms with Crippen LogP contribution in [0.25, 0.3) is 0 Å². The third-order valence-corrected chi connectivity index (χ3v) is 4.65. The molecule has 0 unspecified atom stereocenters. The summed E-state index contributed by atoms with van der Waals surface area (Å²) in [6, 6.07) is 2.04. The summed E-state index contributed by atoms with van der Waals surface area (Å²) >= 11 is 0. The molecule has 0 aromatic carbocycles. The molecule has 96 valence electrons. The standard InChI is InChI=1S/C15H19N2O/c1-16-6-5-14-13(3-2-4-15(14)16)11-7-17(8-11)12-9-18-10-12/h2-4,11-12H,1,5-10H2/q-1. The number of hydrogen-bond donors (Lipinski definition) is 0. The summed E-state index contributed by atoms with van der Waals surface area (Å²) in [4.78, 5) is 2.56. The number of nitrogens with zero attached hydrogens (tertiary/aromatic N) is 2. The van der Waals surface area contributed by atoms with Gasteiger partial charge in [-0.05, 0) is 25.4 Å². The van der Waals surface area contributed by atoms with Crippen molar-refractivity contribution in [1.29, 1.82) is 0 Å². The van der Waals surface area contributed by atoms with Crippen molar-refractivity contribution in [2.45, 2.75) is 12.5 Å². The maximum atomic E-state index is 5.26. The van der Waals surface area contributed by atoms with Crippen LogP contribution in [0.4, 0.5) is 0 Å². The molecule has 3 heteroatoms. The highest BCUT2D eigenvalue weighted by Gasteiger charge is 2.36. The molecule has 0 aromatic heterocycles. The van der Waals surface area contributed by atoms with Crippen LogP contribution in [0, 0.1) is 18.4 Å². The topological polar surface area (TPSA) is 15.5 Å². The van der Waals surface area contributed by atoms with E-state index in [-0.39, 0.29) is 0 Å². The molecule has 3 aliphatic heterocycles. The van der Waals surface area contributed by atoms with Gasteiger partial charge in [-0.2, -0.15) is 11.6 Å². The molecular weight excluding hydrogens is 224 g/mol. The third-order valence-electron chi connectivity index (χ3n) is 4.65. The van der Waals surface area contributed by atoms with E-state index in [1.807, 2.05) is 0 Å². The van der Waals surface area contributed by atoms with E-state index in [1.54, 1.807) is 11.1 Å². The van der Waals surface area contributed by atoms with E-state index in [1.165, 1.54) is 19.1 Å². The lowest BCUT2D eigenvalue weighted by Gasteiger charge is -2.52. The summed E-state index contributed by atoms with van der Waals surface area (Å²) in [5.41, 5.74) is 3.11. The smallest absolute Gasteiger partial charge is 0.121 e. The van der Waals surface area contributed by atoms with Crippen LogP contribution in [0.5, 0.6) is 0 Å². The monoisotopic (exact) mass is 243 g/mol. The Hall–Kier alpha value is -1.19. The second kappa shape index (κ2) is 3.90. The van der Waals surface area contributed by atoms with Gasteiger partial charge in [0.15, 0.2) is 0 Å². The quantitative estimate of drug-likeness (QED) is 0.532. The van der Waals surface area contributed by atoms with E-state index >= 15 is 0 Å². The van der Waals surface area contributed by atoms with Crippen molar-refractivity contribution in [3.8, 4) is 0 Å². The number of fused-ring (bicyclic) bond motifs is 1. The van der Waals surface area contributed by atoms with Crippen LogP contribution < -0.4 is 0 Å². The van der Waals surface area contributed by atoms with Gasteiger partial charge in [0.2, 0.25) is 0 Å². The first kappa shape index (κ1) is 10.7. The van der Waals surface area contributed by atoms with Gasteiger partial charge < -0.3 is 9.31 Å². The second-order valence-corrected chi connectivity index (χ2v) is 5.70. The maximum Gasteiger partial charge on any atom is 0.121 e. The zero-order chi connectivity index (χ0) is 12.1. The molecule has 0 atom stereocenters. The van der Waals surface area contributed by atoms with Gasteiger partial charge in [-0.3, -0.25) is 4.90 Å². The molecule has 0 saturated carbocycles. The Balaban J connectivity index is 1.48. The molecule has 0 bridgehead atoms. The Bertz CT molecular complexity index is 441. The van der Waals surface area contributed by atoms with Crippen LogP contribution in [0.2, 0.25) is 0 Å². The number of hydrogen-bond acceptors (Lipinski definition) is 2. The minimum absolute atomic E-state index is 0.697. The van der Waals surface area contributed by atoms with Crippen LogP contribution in [0.15, 0.2) is 23.3 Å². The van der Waals surface area contributed by atoms with Gasteiger partial charge in [0.1, 0.15) is 6.54 Å². The molecular formula is C15H19N2O-. The van der Waals surface area contributed by atoms with Crippen molar-refractivity contribution in [2.24, 2.45) is 5.92 Å². The van der Waals surface area contributed by atoms with E-state index in [4.69, 9.17) is 4.74 Å². The Morgan fingerprint density at radius 3 is 3.00 bits per heavy atom. The van der Waals surface area contributed by atoms with Gasteiger partial charge >= 0.3 is 0 Å². The predicted molar refractivity (Wildman–Crippen MR) is 70.2 cm³/mol. The third kappa shape index (κ3) is 1.47. The largest absolute Gasteiger partial charge is 0.378 e. The van der Waals surface area contributed by atoms with Gasteiger partial charge in [-0.25, -0.2) is 18.1 Å². The normalized spacial score (nSPS) is 29.1. The number of likely N-dealkylation sites (tertiary alicyclic amines) is 1. The molecule has 0 spiro atoms. The van der Waals surface area contributed by atoms with Crippen molar-refractivity contribution in [3.05, 3.63) is 35.8 Å². The second-order valence-electron chi connectivity index (χ2n) is 5.70. The summed E-state index contributed by atoms with van der Waals surface area (Å²) in [6.45, 7) is 9.46. The zero-order valence-corrected chi connectivity index (χ0v) is 10.6. The first-order chi connectivity index (χ1) is 8.83. The predicted octanol–water partition coefficient (Wildman–Crippen LogP) is 1.04. The molecule has 0 amide bonds. The van der Waals surface area contributed by atoms with Gasteiger partial charge in [0.05, 0.1) is 26.0 Å². The molecule has 1 aliphatic carbocycles. The fourth-order valence-electron chi connectivity index (χ4n) is 3.35. The summed E-state index contributed by atoms with van der Waals surface area (Å²) in [7, 11) is 0. The molecule has 3 nitrogen and oxygen atoms in total. The van der Waals surface area contributed by atoms with E-state index < -0.39 is 0 Å². The van der Waals surface area contributed by atoms with Gasteiger partial charge in [-0.15, -0.1) is 0 Å². The minimum atomic E-state index is 0.697. The molecule has 4 rings (SSSR count). The van der Waals surface area contributed by atoms with E-state index in [2.05, 4.69) is 34.8 Å². The Morgan fingerprint density at radius 2 is 2.28 bits per heavy atom. The average molecular weight is 243 g/mol. The lowest BCUT2D eigenvalue weighted by atomic mass is 9.80. The molecule has 0 aromatic rings. The fraction of sp³-hybridized carbons (Fsp3) is 0.533. The molecule has 3 heterocycles. The van der Waals surface area contributed by atoms with E-state index in [0.29, 0.717) is 6.04 Å². The van der Waals surface area contributed by atoms with Gasteiger partial charge in [-0.1, -0.05) is 0 Å². The Morgan fingerprint density at radius 1 is 1.44 bits per heavy atom. The SMILES string of the molecule is C=[N+]1CCC2=C(C3CN(C4COC4)C3)[CH-]C=C[C-]21. The average Bonchev–Trinajstić information content (AvgIpc) is 2.63. The molecule has 18 heavy (non-hydrogen) atoms. The molecule has 3 fully saturated rings. The van der Waals surface area contributed by atoms with E-state index in [9.17, 15) is 0 Å². The summed E-state index contributed by atoms with van der Waals surface area (Å²) in [6.07, 6.45) is 7.87. The minimum Gasteiger partial charge on any atom is -0.378 e. The molecule has 4 aliphatic rings. The lowest BCUT2D eigenvalue weighted by molar-refractivity contribution is -0.475. The summed E-state index contributed by atoms with van der Waals surface area (Å²) < 4.78 is 7.40. The number of allylic oxidation sites excluding steroid dienone is 1. The first-order valence-electron chi connectivity index (χ1n) is 6.84. The fourth-order valence-corrected chi connectivity index (χ4v) is 3.35.